The minimum atomic E-state index is -0.181. The molecule has 4 bridgehead atoms. The Labute approximate surface area is 229 Å². The molecule has 38 heavy (non-hydrogen) atoms. The van der Waals surface area contributed by atoms with Crippen LogP contribution in [-0.4, -0.2) is 34.5 Å². The number of nitrogens with one attached hydrogen (secondary N) is 3. The largest absolute Gasteiger partial charge is 0.486 e. The van der Waals surface area contributed by atoms with Gasteiger partial charge in [-0.3, -0.25) is 4.79 Å². The zero-order valence-corrected chi connectivity index (χ0v) is 23.4. The van der Waals surface area contributed by atoms with Crippen LogP contribution in [0.25, 0.3) is 0 Å². The second-order valence-corrected chi connectivity index (χ2v) is 13.4. The number of thiazole rings is 1. The lowest BCUT2D eigenvalue weighted by Gasteiger charge is -2.56. The summed E-state index contributed by atoms with van der Waals surface area (Å²) in [5.74, 6) is 3.00. The van der Waals surface area contributed by atoms with Crippen LogP contribution < -0.4 is 20.7 Å². The molecule has 2 aromatic rings. The van der Waals surface area contributed by atoms with Gasteiger partial charge in [-0.05, 0) is 106 Å². The Hall–Kier alpha value is -2.61. The molecule has 5 aliphatic rings. The maximum atomic E-state index is 13.2. The summed E-state index contributed by atoms with van der Waals surface area (Å²) < 4.78 is 5.92. The average molecular weight is 537 g/mol. The first-order chi connectivity index (χ1) is 18.3. The third kappa shape index (κ3) is 5.70. The van der Waals surface area contributed by atoms with Crippen molar-refractivity contribution in [1.82, 2.24) is 20.9 Å². The van der Waals surface area contributed by atoms with Gasteiger partial charge >= 0.3 is 6.03 Å². The molecule has 7 nitrogen and oxygen atoms in total. The van der Waals surface area contributed by atoms with Gasteiger partial charge in [-0.1, -0.05) is 18.9 Å². The summed E-state index contributed by atoms with van der Waals surface area (Å²) in [6.07, 6.45) is 11.3. The SMILES string of the molecule is Cc1cc(C)cc(OCc2nc(C(=O)N[C@H]3CCCC[C@@H]3NC(=O)NC34CC5CC(CC(C5)C3)C4)cs2)c1. The molecular formula is C30H40N4O3S. The molecule has 0 saturated heterocycles. The lowest BCUT2D eigenvalue weighted by molar-refractivity contribution is -0.0138. The van der Waals surface area contributed by atoms with E-state index < -0.39 is 0 Å². The molecule has 1 aromatic carbocycles. The Kier molecular flexibility index (Phi) is 7.10. The summed E-state index contributed by atoms with van der Waals surface area (Å²) in [6.45, 7) is 4.43. The van der Waals surface area contributed by atoms with Gasteiger partial charge in [-0.25, -0.2) is 9.78 Å². The number of amides is 3. The molecule has 3 amide bonds. The first-order valence-corrected chi connectivity index (χ1v) is 15.3. The third-order valence-electron chi connectivity index (χ3n) is 9.16. The van der Waals surface area contributed by atoms with Crippen molar-refractivity contribution in [1.29, 1.82) is 0 Å². The van der Waals surface area contributed by atoms with Gasteiger partial charge in [0.2, 0.25) is 0 Å². The molecule has 0 spiro atoms. The maximum Gasteiger partial charge on any atom is 0.315 e. The van der Waals surface area contributed by atoms with E-state index in [1.54, 1.807) is 5.38 Å². The molecule has 5 fully saturated rings. The molecule has 1 heterocycles. The van der Waals surface area contributed by atoms with Crippen LogP contribution in [0.4, 0.5) is 4.79 Å². The van der Waals surface area contributed by atoms with Crippen LogP contribution in [0.2, 0.25) is 0 Å². The molecule has 204 valence electrons. The highest BCUT2D eigenvalue weighted by Gasteiger charge is 2.51. The summed E-state index contributed by atoms with van der Waals surface area (Å²) in [5, 5.41) is 12.4. The van der Waals surface area contributed by atoms with Crippen molar-refractivity contribution >= 4 is 23.3 Å². The molecule has 5 saturated carbocycles. The standard InChI is InChI=1S/C30H40N4O3S/c1-18-7-19(2)9-23(8-18)37-16-27-31-26(17-38-27)28(35)32-24-5-3-4-6-25(24)33-29(36)34-30-13-20-10-21(14-30)12-22(11-20)15-30/h7-9,17,20-22,24-25H,3-6,10-16H2,1-2H3,(H,32,35)(H2,33,34,36)/t20?,21?,22?,24-,25-,30?/m0/s1. The van der Waals surface area contributed by atoms with Crippen molar-refractivity contribution in [3.05, 3.63) is 45.4 Å². The Morgan fingerprint density at radius 2 is 1.55 bits per heavy atom. The zero-order chi connectivity index (χ0) is 26.3. The van der Waals surface area contributed by atoms with Gasteiger partial charge in [-0.2, -0.15) is 0 Å². The number of nitrogens with zero attached hydrogens (tertiary/aromatic N) is 1. The Bertz CT molecular complexity index is 1140. The van der Waals surface area contributed by atoms with Crippen LogP contribution in [0, 0.1) is 31.6 Å². The number of benzene rings is 1. The smallest absolute Gasteiger partial charge is 0.315 e. The molecule has 5 aliphatic carbocycles. The van der Waals surface area contributed by atoms with Gasteiger partial charge in [0.25, 0.3) is 5.91 Å². The highest BCUT2D eigenvalue weighted by atomic mass is 32.1. The highest BCUT2D eigenvalue weighted by Crippen LogP contribution is 2.55. The fraction of sp³-hybridized carbons (Fsp3) is 0.633. The number of hydrogen-bond acceptors (Lipinski definition) is 5. The monoisotopic (exact) mass is 536 g/mol. The predicted molar refractivity (Wildman–Crippen MR) is 148 cm³/mol. The van der Waals surface area contributed by atoms with Crippen molar-refractivity contribution < 1.29 is 14.3 Å². The number of aromatic nitrogens is 1. The topological polar surface area (TPSA) is 92.3 Å². The lowest BCUT2D eigenvalue weighted by atomic mass is 9.53. The predicted octanol–water partition coefficient (Wildman–Crippen LogP) is 5.65. The molecule has 2 atom stereocenters. The first-order valence-electron chi connectivity index (χ1n) is 14.4. The van der Waals surface area contributed by atoms with Crippen molar-refractivity contribution in [3.8, 4) is 5.75 Å². The summed E-state index contributed by atoms with van der Waals surface area (Å²) in [5.41, 5.74) is 2.71. The number of carbonyl (C=O) groups is 2. The summed E-state index contributed by atoms with van der Waals surface area (Å²) in [6, 6.07) is 5.91. The second-order valence-electron chi connectivity index (χ2n) is 12.5. The van der Waals surface area contributed by atoms with E-state index in [0.717, 1.165) is 84.6 Å². The number of carbonyl (C=O) groups excluding carboxylic acids is 2. The number of urea groups is 1. The first kappa shape index (κ1) is 25.7. The highest BCUT2D eigenvalue weighted by molar-refractivity contribution is 7.09. The van der Waals surface area contributed by atoms with Crippen LogP contribution in [0.15, 0.2) is 23.6 Å². The fourth-order valence-corrected chi connectivity index (χ4v) is 8.76. The van der Waals surface area contributed by atoms with Gasteiger partial charge in [0, 0.05) is 17.0 Å². The van der Waals surface area contributed by atoms with Crippen molar-refractivity contribution in [2.45, 2.75) is 102 Å². The minimum Gasteiger partial charge on any atom is -0.486 e. The minimum absolute atomic E-state index is 0.0115. The van der Waals surface area contributed by atoms with Crippen molar-refractivity contribution in [2.24, 2.45) is 17.8 Å². The van der Waals surface area contributed by atoms with Crippen LogP contribution in [0.5, 0.6) is 5.75 Å². The van der Waals surface area contributed by atoms with E-state index in [2.05, 4.69) is 27.0 Å². The molecule has 8 heteroatoms. The normalized spacial score (nSPS) is 31.6. The van der Waals surface area contributed by atoms with E-state index in [1.165, 1.54) is 30.6 Å². The van der Waals surface area contributed by atoms with Gasteiger partial charge in [0.15, 0.2) is 0 Å². The quantitative estimate of drug-likeness (QED) is 0.427. The zero-order valence-electron chi connectivity index (χ0n) is 22.6. The second kappa shape index (κ2) is 10.5. The van der Waals surface area contributed by atoms with Crippen molar-refractivity contribution in [3.63, 3.8) is 0 Å². The number of hydrogen-bond donors (Lipinski definition) is 3. The van der Waals surface area contributed by atoms with Gasteiger partial charge in [0.1, 0.15) is 23.1 Å². The van der Waals surface area contributed by atoms with Crippen LogP contribution in [0.3, 0.4) is 0 Å². The van der Waals surface area contributed by atoms with Gasteiger partial charge in [-0.15, -0.1) is 11.3 Å². The Morgan fingerprint density at radius 1 is 0.947 bits per heavy atom. The molecule has 0 unspecified atom stereocenters. The summed E-state index contributed by atoms with van der Waals surface area (Å²) in [4.78, 5) is 30.8. The average Bonchev–Trinajstić information content (AvgIpc) is 3.31. The Morgan fingerprint density at radius 3 is 2.18 bits per heavy atom. The van der Waals surface area contributed by atoms with Gasteiger partial charge in [0.05, 0.1) is 6.04 Å². The van der Waals surface area contributed by atoms with E-state index in [0.29, 0.717) is 12.3 Å². The van der Waals surface area contributed by atoms with Crippen LogP contribution in [0.1, 0.15) is 90.8 Å². The molecule has 1 aromatic heterocycles. The fourth-order valence-electron chi connectivity index (χ4n) is 8.07. The van der Waals surface area contributed by atoms with E-state index in [9.17, 15) is 9.59 Å². The molecule has 0 aliphatic heterocycles. The van der Waals surface area contributed by atoms with Gasteiger partial charge < -0.3 is 20.7 Å². The Balaban J connectivity index is 1.03. The molecular weight excluding hydrogens is 496 g/mol. The maximum absolute atomic E-state index is 13.2. The van der Waals surface area contributed by atoms with E-state index in [-0.39, 0.29) is 29.6 Å². The summed E-state index contributed by atoms with van der Waals surface area (Å²) in [7, 11) is 0. The number of aryl methyl sites for hydroxylation is 2. The van der Waals surface area contributed by atoms with E-state index in [4.69, 9.17) is 4.74 Å². The van der Waals surface area contributed by atoms with E-state index >= 15 is 0 Å². The molecule has 7 rings (SSSR count). The van der Waals surface area contributed by atoms with Crippen LogP contribution >= 0.6 is 11.3 Å². The van der Waals surface area contributed by atoms with Crippen molar-refractivity contribution in [2.75, 3.05) is 0 Å². The molecule has 0 radical (unpaired) electrons. The number of rotatable bonds is 7. The third-order valence-corrected chi connectivity index (χ3v) is 9.98. The lowest BCUT2D eigenvalue weighted by Crippen LogP contribution is -2.63. The van der Waals surface area contributed by atoms with E-state index in [1.807, 2.05) is 26.0 Å². The van der Waals surface area contributed by atoms with Crippen LogP contribution in [-0.2, 0) is 6.61 Å². The summed E-state index contributed by atoms with van der Waals surface area (Å²) >= 11 is 1.43. The molecule has 3 N–H and O–H groups in total. The number of ether oxygens (including phenoxy) is 1.